The van der Waals surface area contributed by atoms with Crippen LogP contribution in [0, 0.1) is 0 Å². The van der Waals surface area contributed by atoms with E-state index in [9.17, 15) is 9.90 Å². The molecule has 0 fully saturated rings. The van der Waals surface area contributed by atoms with E-state index >= 15 is 0 Å². The predicted molar refractivity (Wildman–Crippen MR) is 166 cm³/mol. The number of carbonyl (C=O) groups excluding carboxylic acids is 1. The number of ether oxygens (including phenoxy) is 1. The molecule has 0 saturated carbocycles. The Labute approximate surface area is 238 Å². The lowest BCUT2D eigenvalue weighted by Gasteiger charge is -2.16. The van der Waals surface area contributed by atoms with Crippen LogP contribution in [0.4, 0.5) is 0 Å². The summed E-state index contributed by atoms with van der Waals surface area (Å²) in [5, 5.41) is 12.5. The molecule has 1 atom stereocenters. The Balaban J connectivity index is 3.38. The minimum atomic E-state index is -0.275. The Bertz CT molecular complexity index is 457. The molecule has 2 N–H and O–H groups in total. The van der Waals surface area contributed by atoms with Gasteiger partial charge in [0.25, 0.3) is 0 Å². The zero-order chi connectivity index (χ0) is 27.8. The van der Waals surface area contributed by atoms with Crippen molar-refractivity contribution in [3.63, 3.8) is 0 Å². The summed E-state index contributed by atoms with van der Waals surface area (Å²) in [4.78, 5) is 12.1. The summed E-state index contributed by atoms with van der Waals surface area (Å²) >= 11 is 0. The average Bonchev–Trinajstić information content (AvgIpc) is 2.93. The van der Waals surface area contributed by atoms with E-state index in [1.165, 1.54) is 148 Å². The molecule has 0 aliphatic carbocycles. The summed E-state index contributed by atoms with van der Waals surface area (Å²) in [6.07, 6.45) is 34.9. The molecule has 0 bridgehead atoms. The molecule has 1 amide bonds. The normalized spacial score (nSPS) is 12.2. The number of aliphatic hydroxyl groups excluding tert-OH is 1. The van der Waals surface area contributed by atoms with Gasteiger partial charge in [0.2, 0.25) is 5.91 Å². The summed E-state index contributed by atoms with van der Waals surface area (Å²) in [6.45, 7) is 5.62. The van der Waals surface area contributed by atoms with Gasteiger partial charge in [-0.1, -0.05) is 168 Å². The van der Waals surface area contributed by atoms with E-state index in [0.29, 0.717) is 19.6 Å². The van der Waals surface area contributed by atoms with E-state index in [4.69, 9.17) is 4.74 Å². The second kappa shape index (κ2) is 32.6. The van der Waals surface area contributed by atoms with Gasteiger partial charge < -0.3 is 15.2 Å². The van der Waals surface area contributed by atoms with Gasteiger partial charge in [0.1, 0.15) is 0 Å². The Morgan fingerprint density at radius 2 is 0.895 bits per heavy atom. The van der Waals surface area contributed by atoms with Crippen LogP contribution < -0.4 is 5.32 Å². The lowest BCUT2D eigenvalue weighted by atomic mass is 10.0. The van der Waals surface area contributed by atoms with Crippen molar-refractivity contribution in [3.8, 4) is 0 Å². The minimum Gasteiger partial charge on any atom is -0.394 e. The second-order valence-corrected chi connectivity index (χ2v) is 11.7. The van der Waals surface area contributed by atoms with E-state index in [1.54, 1.807) is 0 Å². The monoisotopic (exact) mass is 540 g/mol. The first kappa shape index (κ1) is 37.4. The van der Waals surface area contributed by atoms with Crippen LogP contribution in [0.1, 0.15) is 187 Å². The summed E-state index contributed by atoms with van der Waals surface area (Å²) in [6, 6.07) is 0. The first-order valence-electron chi connectivity index (χ1n) is 17.2. The molecule has 0 aromatic carbocycles. The Morgan fingerprint density at radius 3 is 1.26 bits per heavy atom. The van der Waals surface area contributed by atoms with E-state index in [0.717, 1.165) is 19.3 Å². The maximum Gasteiger partial charge on any atom is 0.220 e. The highest BCUT2D eigenvalue weighted by atomic mass is 16.5. The van der Waals surface area contributed by atoms with Crippen molar-refractivity contribution in [2.24, 2.45) is 0 Å². The van der Waals surface area contributed by atoms with Crippen LogP contribution >= 0.6 is 0 Å². The van der Waals surface area contributed by atoms with Crippen LogP contribution in [0.15, 0.2) is 0 Å². The molecule has 0 aromatic heterocycles. The summed E-state index contributed by atoms with van der Waals surface area (Å²) in [5.74, 6) is 0.0939. The highest BCUT2D eigenvalue weighted by Gasteiger charge is 2.10. The maximum atomic E-state index is 12.1. The molecular formula is C34H69NO3. The first-order chi connectivity index (χ1) is 18.7. The third kappa shape index (κ3) is 29.9. The highest BCUT2D eigenvalue weighted by Crippen LogP contribution is 2.14. The molecule has 0 rings (SSSR count). The van der Waals surface area contributed by atoms with Crippen LogP contribution in [-0.2, 0) is 9.53 Å². The largest absolute Gasteiger partial charge is 0.394 e. The van der Waals surface area contributed by atoms with E-state index in [1.807, 2.05) is 0 Å². The predicted octanol–water partition coefficient (Wildman–Crippen LogP) is 10.1. The number of unbranched alkanes of at least 4 members (excludes halogenated alkanes) is 24. The Morgan fingerprint density at radius 1 is 0.553 bits per heavy atom. The molecule has 0 aromatic rings. The molecule has 0 aliphatic heterocycles. The SMILES string of the molecule is CCCCCCCCCCCCCCCCCC(=O)NCC(CO)OCCCCCCCCCCCCC. The van der Waals surface area contributed by atoms with Crippen LogP contribution in [0.5, 0.6) is 0 Å². The number of rotatable bonds is 32. The number of amides is 1. The standard InChI is InChI=1S/C34H69NO3/c1-3-5-7-9-11-13-15-16-17-18-19-21-23-25-27-29-34(37)35-31-33(32-36)38-30-28-26-24-22-20-14-12-10-8-6-4-2/h33,36H,3-32H2,1-2H3,(H,35,37). The second-order valence-electron chi connectivity index (χ2n) is 11.7. The Kier molecular flexibility index (Phi) is 32.1. The number of carbonyl (C=O) groups is 1. The minimum absolute atomic E-state index is 0.0305. The fourth-order valence-electron chi connectivity index (χ4n) is 5.17. The summed E-state index contributed by atoms with van der Waals surface area (Å²) < 4.78 is 5.79. The molecule has 38 heavy (non-hydrogen) atoms. The lowest BCUT2D eigenvalue weighted by molar-refractivity contribution is -0.122. The average molecular weight is 540 g/mol. The summed E-state index contributed by atoms with van der Waals surface area (Å²) in [5.41, 5.74) is 0. The third-order valence-corrected chi connectivity index (χ3v) is 7.84. The molecule has 4 nitrogen and oxygen atoms in total. The maximum absolute atomic E-state index is 12.1. The Hall–Kier alpha value is -0.610. The molecule has 0 aliphatic rings. The van der Waals surface area contributed by atoms with Crippen LogP contribution in [0.2, 0.25) is 0 Å². The van der Waals surface area contributed by atoms with E-state index in [-0.39, 0.29) is 18.6 Å². The molecule has 0 spiro atoms. The van der Waals surface area contributed by atoms with Crippen LogP contribution in [0.3, 0.4) is 0 Å². The van der Waals surface area contributed by atoms with Gasteiger partial charge in [0.05, 0.1) is 12.7 Å². The van der Waals surface area contributed by atoms with Gasteiger partial charge in [-0.05, 0) is 12.8 Å². The van der Waals surface area contributed by atoms with Gasteiger partial charge in [-0.25, -0.2) is 0 Å². The molecule has 4 heteroatoms. The van der Waals surface area contributed by atoms with Gasteiger partial charge in [-0.3, -0.25) is 4.79 Å². The molecule has 0 heterocycles. The summed E-state index contributed by atoms with van der Waals surface area (Å²) in [7, 11) is 0. The molecular weight excluding hydrogens is 470 g/mol. The van der Waals surface area contributed by atoms with Gasteiger partial charge in [0, 0.05) is 19.6 Å². The zero-order valence-corrected chi connectivity index (χ0v) is 26.1. The van der Waals surface area contributed by atoms with Crippen molar-refractivity contribution >= 4 is 5.91 Å². The molecule has 0 saturated heterocycles. The van der Waals surface area contributed by atoms with Gasteiger partial charge in [0.15, 0.2) is 0 Å². The molecule has 1 unspecified atom stereocenters. The van der Waals surface area contributed by atoms with Crippen LogP contribution in [-0.4, -0.2) is 36.9 Å². The molecule has 0 radical (unpaired) electrons. The third-order valence-electron chi connectivity index (χ3n) is 7.84. The van der Waals surface area contributed by atoms with Gasteiger partial charge >= 0.3 is 0 Å². The number of nitrogens with one attached hydrogen (secondary N) is 1. The van der Waals surface area contributed by atoms with Crippen LogP contribution in [0.25, 0.3) is 0 Å². The fraction of sp³-hybridized carbons (Fsp3) is 0.971. The lowest BCUT2D eigenvalue weighted by Crippen LogP contribution is -2.35. The van der Waals surface area contributed by atoms with E-state index in [2.05, 4.69) is 19.2 Å². The molecule has 228 valence electrons. The quantitative estimate of drug-likeness (QED) is 0.0836. The van der Waals surface area contributed by atoms with Crippen molar-refractivity contribution in [2.45, 2.75) is 193 Å². The topological polar surface area (TPSA) is 58.6 Å². The van der Waals surface area contributed by atoms with Crippen molar-refractivity contribution in [2.75, 3.05) is 19.8 Å². The number of hydrogen-bond donors (Lipinski definition) is 2. The van der Waals surface area contributed by atoms with E-state index < -0.39 is 0 Å². The van der Waals surface area contributed by atoms with Gasteiger partial charge in [-0.2, -0.15) is 0 Å². The van der Waals surface area contributed by atoms with Crippen molar-refractivity contribution in [1.29, 1.82) is 0 Å². The first-order valence-corrected chi connectivity index (χ1v) is 17.2. The number of aliphatic hydroxyl groups is 1. The van der Waals surface area contributed by atoms with Crippen molar-refractivity contribution in [1.82, 2.24) is 5.32 Å². The van der Waals surface area contributed by atoms with Crippen molar-refractivity contribution in [3.05, 3.63) is 0 Å². The highest BCUT2D eigenvalue weighted by molar-refractivity contribution is 5.75. The van der Waals surface area contributed by atoms with Crippen molar-refractivity contribution < 1.29 is 14.6 Å². The number of hydrogen-bond acceptors (Lipinski definition) is 3. The fourth-order valence-corrected chi connectivity index (χ4v) is 5.17. The zero-order valence-electron chi connectivity index (χ0n) is 26.1. The van der Waals surface area contributed by atoms with Gasteiger partial charge in [-0.15, -0.1) is 0 Å². The smallest absolute Gasteiger partial charge is 0.220 e.